The van der Waals surface area contributed by atoms with Gasteiger partial charge in [-0.15, -0.1) is 11.3 Å². The van der Waals surface area contributed by atoms with Crippen LogP contribution in [0.1, 0.15) is 25.9 Å². The molecule has 0 fully saturated rings. The molecule has 1 aromatic carbocycles. The van der Waals surface area contributed by atoms with E-state index in [-0.39, 0.29) is 18.1 Å². The Hall–Kier alpha value is -2.23. The number of thiazole rings is 1. The van der Waals surface area contributed by atoms with Crippen LogP contribution in [0.4, 0.5) is 10.1 Å². The molecule has 0 atom stereocenters. The summed E-state index contributed by atoms with van der Waals surface area (Å²) in [6.45, 7) is 3.24. The number of nitrogens with one attached hydrogen (secondary N) is 1. The number of nitrogens with zero attached hydrogens (tertiary/aromatic N) is 1. The molecule has 0 aliphatic heterocycles. The maximum absolute atomic E-state index is 13.5. The van der Waals surface area contributed by atoms with E-state index in [0.29, 0.717) is 16.3 Å². The van der Waals surface area contributed by atoms with Gasteiger partial charge in [-0.2, -0.15) is 0 Å². The van der Waals surface area contributed by atoms with E-state index in [0.717, 1.165) is 5.01 Å². The second-order valence-electron chi connectivity index (χ2n) is 4.26. The number of aryl methyl sites for hydroxylation is 2. The topological polar surface area (TPSA) is 62.2 Å². The standard InChI is InChI=1S/C15H13FN2O2S/c1-9-14(21-10(2)17-9)15(20)18-12-5-6-13(16)11(8-12)4-3-7-19/h5-6,8,19H,7H2,1-2H3,(H,18,20). The Bertz CT molecular complexity index is 744. The number of amides is 1. The summed E-state index contributed by atoms with van der Waals surface area (Å²) in [6.07, 6.45) is 0. The first-order valence-electron chi connectivity index (χ1n) is 6.16. The lowest BCUT2D eigenvalue weighted by atomic mass is 10.2. The van der Waals surface area contributed by atoms with Gasteiger partial charge in [-0.3, -0.25) is 4.79 Å². The Morgan fingerprint density at radius 3 is 2.86 bits per heavy atom. The molecule has 0 radical (unpaired) electrons. The maximum atomic E-state index is 13.5. The summed E-state index contributed by atoms with van der Waals surface area (Å²) in [6, 6.07) is 4.11. The van der Waals surface area contributed by atoms with Crippen molar-refractivity contribution in [3.05, 3.63) is 45.2 Å². The quantitative estimate of drug-likeness (QED) is 0.838. The molecule has 0 aliphatic rings. The van der Waals surface area contributed by atoms with Gasteiger partial charge in [0.1, 0.15) is 17.3 Å². The summed E-state index contributed by atoms with van der Waals surface area (Å²) in [5.74, 6) is 4.08. The number of benzene rings is 1. The summed E-state index contributed by atoms with van der Waals surface area (Å²) in [5, 5.41) is 12.1. The average Bonchev–Trinajstić information content (AvgIpc) is 2.78. The minimum Gasteiger partial charge on any atom is -0.384 e. The number of hydrogen-bond acceptors (Lipinski definition) is 4. The summed E-state index contributed by atoms with van der Waals surface area (Å²) < 4.78 is 13.5. The number of carbonyl (C=O) groups excluding carboxylic acids is 1. The molecule has 0 saturated carbocycles. The van der Waals surface area contributed by atoms with Crippen molar-refractivity contribution < 1.29 is 14.3 Å². The number of aromatic nitrogens is 1. The van der Waals surface area contributed by atoms with E-state index < -0.39 is 5.82 Å². The molecule has 0 aliphatic carbocycles. The predicted molar refractivity (Wildman–Crippen MR) is 79.9 cm³/mol. The third-order valence-corrected chi connectivity index (χ3v) is 3.71. The van der Waals surface area contributed by atoms with E-state index in [4.69, 9.17) is 5.11 Å². The van der Waals surface area contributed by atoms with Crippen LogP contribution in [0.5, 0.6) is 0 Å². The molecule has 1 amide bonds. The van der Waals surface area contributed by atoms with Gasteiger partial charge >= 0.3 is 0 Å². The van der Waals surface area contributed by atoms with Crippen LogP contribution in [0.15, 0.2) is 18.2 Å². The minimum atomic E-state index is -0.501. The molecule has 0 unspecified atom stereocenters. The highest BCUT2D eigenvalue weighted by Crippen LogP contribution is 2.20. The highest BCUT2D eigenvalue weighted by atomic mass is 32.1. The van der Waals surface area contributed by atoms with Crippen molar-refractivity contribution in [3.63, 3.8) is 0 Å². The van der Waals surface area contributed by atoms with E-state index in [1.165, 1.54) is 29.5 Å². The normalized spacial score (nSPS) is 9.90. The van der Waals surface area contributed by atoms with E-state index in [1.54, 1.807) is 6.92 Å². The van der Waals surface area contributed by atoms with Crippen LogP contribution in [0.3, 0.4) is 0 Å². The Balaban J connectivity index is 2.23. The van der Waals surface area contributed by atoms with Gasteiger partial charge in [-0.05, 0) is 32.0 Å². The SMILES string of the molecule is Cc1nc(C)c(C(=O)Nc2ccc(F)c(C#CCO)c2)s1. The van der Waals surface area contributed by atoms with E-state index >= 15 is 0 Å². The number of aliphatic hydroxyl groups excluding tert-OH is 1. The number of anilines is 1. The van der Waals surface area contributed by atoms with Crippen molar-refractivity contribution in [1.29, 1.82) is 0 Å². The van der Waals surface area contributed by atoms with Crippen LogP contribution in [-0.4, -0.2) is 22.6 Å². The number of halogens is 1. The van der Waals surface area contributed by atoms with Crippen molar-refractivity contribution in [3.8, 4) is 11.8 Å². The second-order valence-corrected chi connectivity index (χ2v) is 5.46. The van der Waals surface area contributed by atoms with Crippen LogP contribution >= 0.6 is 11.3 Å². The predicted octanol–water partition coefficient (Wildman–Crippen LogP) is 2.50. The Morgan fingerprint density at radius 2 is 2.24 bits per heavy atom. The fraction of sp³-hybridized carbons (Fsp3) is 0.200. The van der Waals surface area contributed by atoms with Crippen LogP contribution < -0.4 is 5.32 Å². The third kappa shape index (κ3) is 3.66. The van der Waals surface area contributed by atoms with Gasteiger partial charge in [0.25, 0.3) is 5.91 Å². The van der Waals surface area contributed by atoms with Crippen molar-refractivity contribution in [2.75, 3.05) is 11.9 Å². The second kappa shape index (κ2) is 6.48. The van der Waals surface area contributed by atoms with Gasteiger partial charge in [0.15, 0.2) is 0 Å². The van der Waals surface area contributed by atoms with Gasteiger partial charge in [-0.25, -0.2) is 9.37 Å². The van der Waals surface area contributed by atoms with Crippen LogP contribution in [0, 0.1) is 31.5 Å². The van der Waals surface area contributed by atoms with Gasteiger partial charge in [-0.1, -0.05) is 11.8 Å². The van der Waals surface area contributed by atoms with Crippen molar-refractivity contribution in [2.45, 2.75) is 13.8 Å². The van der Waals surface area contributed by atoms with Crippen LogP contribution in [-0.2, 0) is 0 Å². The smallest absolute Gasteiger partial charge is 0.267 e. The summed E-state index contributed by atoms with van der Waals surface area (Å²) in [5.41, 5.74) is 1.23. The van der Waals surface area contributed by atoms with Crippen molar-refractivity contribution in [1.82, 2.24) is 4.98 Å². The zero-order valence-electron chi connectivity index (χ0n) is 11.5. The lowest BCUT2D eigenvalue weighted by molar-refractivity contribution is 0.103. The van der Waals surface area contributed by atoms with Crippen LogP contribution in [0.2, 0.25) is 0 Å². The Kier molecular flexibility index (Phi) is 4.68. The minimum absolute atomic E-state index is 0.124. The number of aliphatic hydroxyl groups is 1. The highest BCUT2D eigenvalue weighted by molar-refractivity contribution is 7.13. The number of rotatable bonds is 2. The molecule has 1 aromatic heterocycles. The average molecular weight is 304 g/mol. The molecular weight excluding hydrogens is 291 g/mol. The molecule has 108 valence electrons. The fourth-order valence-electron chi connectivity index (χ4n) is 1.76. The molecule has 4 nitrogen and oxygen atoms in total. The van der Waals surface area contributed by atoms with E-state index in [9.17, 15) is 9.18 Å². The first kappa shape index (κ1) is 15.2. The molecule has 0 saturated heterocycles. The molecular formula is C15H13FN2O2S. The van der Waals surface area contributed by atoms with Crippen molar-refractivity contribution >= 4 is 22.9 Å². The molecule has 0 bridgehead atoms. The largest absolute Gasteiger partial charge is 0.384 e. The molecule has 2 rings (SSSR count). The molecule has 0 spiro atoms. The van der Waals surface area contributed by atoms with Gasteiger partial charge in [0.05, 0.1) is 16.3 Å². The number of hydrogen-bond donors (Lipinski definition) is 2. The first-order valence-corrected chi connectivity index (χ1v) is 6.97. The lowest BCUT2D eigenvalue weighted by Crippen LogP contribution is -2.11. The molecule has 1 heterocycles. The highest BCUT2D eigenvalue weighted by Gasteiger charge is 2.14. The molecule has 2 N–H and O–H groups in total. The van der Waals surface area contributed by atoms with Gasteiger partial charge < -0.3 is 10.4 Å². The van der Waals surface area contributed by atoms with Gasteiger partial charge in [0.2, 0.25) is 0 Å². The van der Waals surface area contributed by atoms with E-state index in [1.807, 2.05) is 6.92 Å². The molecule has 6 heteroatoms. The number of carbonyl (C=O) groups is 1. The van der Waals surface area contributed by atoms with Gasteiger partial charge in [0, 0.05) is 5.69 Å². The maximum Gasteiger partial charge on any atom is 0.267 e. The lowest BCUT2D eigenvalue weighted by Gasteiger charge is -2.05. The first-order chi connectivity index (χ1) is 10.0. The Morgan fingerprint density at radius 1 is 1.48 bits per heavy atom. The zero-order valence-corrected chi connectivity index (χ0v) is 12.3. The summed E-state index contributed by atoms with van der Waals surface area (Å²) in [4.78, 5) is 16.9. The molecule has 21 heavy (non-hydrogen) atoms. The van der Waals surface area contributed by atoms with Crippen LogP contribution in [0.25, 0.3) is 0 Å². The zero-order chi connectivity index (χ0) is 15.4. The summed E-state index contributed by atoms with van der Waals surface area (Å²) in [7, 11) is 0. The fourth-order valence-corrected chi connectivity index (χ4v) is 2.58. The third-order valence-electron chi connectivity index (χ3n) is 2.64. The summed E-state index contributed by atoms with van der Waals surface area (Å²) >= 11 is 1.30. The molecule has 2 aromatic rings. The van der Waals surface area contributed by atoms with E-state index in [2.05, 4.69) is 22.1 Å². The Labute approximate surface area is 125 Å². The monoisotopic (exact) mass is 304 g/mol. The van der Waals surface area contributed by atoms with Crippen molar-refractivity contribution in [2.24, 2.45) is 0 Å².